The van der Waals surface area contributed by atoms with Crippen LogP contribution in [0.1, 0.15) is 36.0 Å². The van der Waals surface area contributed by atoms with Gasteiger partial charge in [0.1, 0.15) is 5.75 Å². The van der Waals surface area contributed by atoms with Crippen molar-refractivity contribution in [3.63, 3.8) is 0 Å². The number of methoxy groups -OCH3 is 1. The van der Waals surface area contributed by atoms with E-state index in [1.807, 2.05) is 29.2 Å². The molecular weight excluding hydrogens is 426 g/mol. The van der Waals surface area contributed by atoms with Gasteiger partial charge in [0.05, 0.1) is 13.2 Å². The number of piperazine rings is 1. The molecule has 1 atom stereocenters. The standard InChI is InChI=1S/C25H30ClN3O3/c1-32-22-11-9-21(10-12-22)27-24(30)23(18-5-2-3-6-18)28-13-15-29(16-14-28)25(31)19-7-4-8-20(26)17-19/h4,7-12,17-18,23H,2-3,5-6,13-16H2,1H3,(H,27,30)/t23-/m0/s1. The van der Waals surface area contributed by atoms with Crippen molar-refractivity contribution in [1.29, 1.82) is 0 Å². The van der Waals surface area contributed by atoms with Crippen molar-refractivity contribution < 1.29 is 14.3 Å². The highest BCUT2D eigenvalue weighted by Gasteiger charge is 2.37. The van der Waals surface area contributed by atoms with Gasteiger partial charge in [-0.25, -0.2) is 0 Å². The number of benzene rings is 2. The summed E-state index contributed by atoms with van der Waals surface area (Å²) in [6.07, 6.45) is 4.49. The van der Waals surface area contributed by atoms with Crippen molar-refractivity contribution in [1.82, 2.24) is 9.80 Å². The summed E-state index contributed by atoms with van der Waals surface area (Å²) in [5.74, 6) is 1.14. The third-order valence-electron chi connectivity index (χ3n) is 6.54. The summed E-state index contributed by atoms with van der Waals surface area (Å²) in [4.78, 5) is 30.3. The van der Waals surface area contributed by atoms with Crippen LogP contribution in [-0.4, -0.2) is 60.9 Å². The highest BCUT2D eigenvalue weighted by molar-refractivity contribution is 6.30. The van der Waals surface area contributed by atoms with E-state index in [0.29, 0.717) is 42.7 Å². The fraction of sp³-hybridized carbons (Fsp3) is 0.440. The highest BCUT2D eigenvalue weighted by Crippen LogP contribution is 2.32. The molecule has 2 aliphatic rings. The zero-order valence-corrected chi connectivity index (χ0v) is 19.2. The van der Waals surface area contributed by atoms with E-state index in [-0.39, 0.29) is 17.9 Å². The average Bonchev–Trinajstić information content (AvgIpc) is 3.34. The average molecular weight is 456 g/mol. The lowest BCUT2D eigenvalue weighted by molar-refractivity contribution is -0.123. The monoisotopic (exact) mass is 455 g/mol. The number of carbonyl (C=O) groups is 2. The van der Waals surface area contributed by atoms with Crippen LogP contribution in [0.2, 0.25) is 5.02 Å². The molecule has 1 heterocycles. The minimum Gasteiger partial charge on any atom is -0.497 e. The number of hydrogen-bond donors (Lipinski definition) is 1. The molecule has 2 aromatic carbocycles. The molecule has 7 heteroatoms. The molecule has 4 rings (SSSR count). The minimum atomic E-state index is -0.178. The van der Waals surface area contributed by atoms with E-state index in [1.54, 1.807) is 31.4 Å². The van der Waals surface area contributed by atoms with Crippen LogP contribution >= 0.6 is 11.6 Å². The number of nitrogens with one attached hydrogen (secondary N) is 1. The summed E-state index contributed by atoms with van der Waals surface area (Å²) < 4.78 is 5.21. The molecule has 1 aliphatic carbocycles. The van der Waals surface area contributed by atoms with E-state index < -0.39 is 0 Å². The normalized spacial score (nSPS) is 18.4. The third kappa shape index (κ3) is 5.25. The number of carbonyl (C=O) groups excluding carboxylic acids is 2. The van der Waals surface area contributed by atoms with Gasteiger partial charge in [-0.1, -0.05) is 30.5 Å². The lowest BCUT2D eigenvalue weighted by Crippen LogP contribution is -2.56. The van der Waals surface area contributed by atoms with E-state index in [9.17, 15) is 9.59 Å². The molecule has 0 spiro atoms. The Balaban J connectivity index is 1.42. The Labute approximate surface area is 194 Å². The van der Waals surface area contributed by atoms with Gasteiger partial charge in [-0.15, -0.1) is 0 Å². The Morgan fingerprint density at radius 3 is 2.34 bits per heavy atom. The quantitative estimate of drug-likeness (QED) is 0.705. The number of rotatable bonds is 6. The second-order valence-corrected chi connectivity index (χ2v) is 8.98. The largest absolute Gasteiger partial charge is 0.497 e. The van der Waals surface area contributed by atoms with Crippen LogP contribution in [0.15, 0.2) is 48.5 Å². The molecule has 6 nitrogen and oxygen atoms in total. The molecule has 1 N–H and O–H groups in total. The van der Waals surface area contributed by atoms with E-state index >= 15 is 0 Å². The Morgan fingerprint density at radius 1 is 1.03 bits per heavy atom. The number of hydrogen-bond acceptors (Lipinski definition) is 4. The molecule has 2 fully saturated rings. The smallest absolute Gasteiger partial charge is 0.253 e. The molecule has 0 radical (unpaired) electrons. The predicted molar refractivity (Wildman–Crippen MR) is 126 cm³/mol. The van der Waals surface area contributed by atoms with Gasteiger partial charge in [-0.05, 0) is 61.2 Å². The van der Waals surface area contributed by atoms with Crippen LogP contribution in [0, 0.1) is 5.92 Å². The molecule has 1 saturated heterocycles. The van der Waals surface area contributed by atoms with Gasteiger partial charge < -0.3 is 15.0 Å². The molecular formula is C25H30ClN3O3. The Morgan fingerprint density at radius 2 is 1.72 bits per heavy atom. The van der Waals surface area contributed by atoms with Crippen molar-refractivity contribution in [2.24, 2.45) is 5.92 Å². The zero-order chi connectivity index (χ0) is 22.5. The van der Waals surface area contributed by atoms with Gasteiger partial charge in [0.15, 0.2) is 0 Å². The fourth-order valence-electron chi connectivity index (χ4n) is 4.85. The van der Waals surface area contributed by atoms with Gasteiger partial charge >= 0.3 is 0 Å². The molecule has 2 aromatic rings. The molecule has 170 valence electrons. The van der Waals surface area contributed by atoms with Crippen molar-refractivity contribution in [3.8, 4) is 5.75 Å². The van der Waals surface area contributed by atoms with E-state index in [1.165, 1.54) is 12.8 Å². The van der Waals surface area contributed by atoms with Crippen LogP contribution in [0.4, 0.5) is 5.69 Å². The molecule has 2 amide bonds. The first-order valence-electron chi connectivity index (χ1n) is 11.3. The van der Waals surface area contributed by atoms with Crippen molar-refractivity contribution >= 4 is 29.1 Å². The fourth-order valence-corrected chi connectivity index (χ4v) is 5.04. The molecule has 0 unspecified atom stereocenters. The number of halogens is 1. The minimum absolute atomic E-state index is 0.00718. The van der Waals surface area contributed by atoms with Crippen LogP contribution in [0.3, 0.4) is 0 Å². The lowest BCUT2D eigenvalue weighted by Gasteiger charge is -2.40. The van der Waals surface area contributed by atoms with Gasteiger partial charge in [-0.2, -0.15) is 0 Å². The molecule has 0 bridgehead atoms. The predicted octanol–water partition coefficient (Wildman–Crippen LogP) is 4.30. The second-order valence-electron chi connectivity index (χ2n) is 8.55. The maximum absolute atomic E-state index is 13.3. The van der Waals surface area contributed by atoms with Crippen LogP contribution in [0.5, 0.6) is 5.75 Å². The molecule has 32 heavy (non-hydrogen) atoms. The van der Waals surface area contributed by atoms with Crippen molar-refractivity contribution in [3.05, 3.63) is 59.1 Å². The zero-order valence-electron chi connectivity index (χ0n) is 18.4. The maximum Gasteiger partial charge on any atom is 0.253 e. The first-order valence-corrected chi connectivity index (χ1v) is 11.7. The molecule has 0 aromatic heterocycles. The molecule has 1 saturated carbocycles. The van der Waals surface area contributed by atoms with Crippen LogP contribution < -0.4 is 10.1 Å². The maximum atomic E-state index is 13.3. The van der Waals surface area contributed by atoms with E-state index in [2.05, 4.69) is 10.2 Å². The van der Waals surface area contributed by atoms with E-state index in [0.717, 1.165) is 24.3 Å². The topological polar surface area (TPSA) is 61.9 Å². The van der Waals surface area contributed by atoms with Gasteiger partial charge in [0.2, 0.25) is 5.91 Å². The summed E-state index contributed by atoms with van der Waals surface area (Å²) in [5, 5.41) is 3.66. The third-order valence-corrected chi connectivity index (χ3v) is 6.77. The summed E-state index contributed by atoms with van der Waals surface area (Å²) >= 11 is 6.05. The second kappa shape index (κ2) is 10.4. The lowest BCUT2D eigenvalue weighted by atomic mass is 9.94. The van der Waals surface area contributed by atoms with Gasteiger partial charge in [0, 0.05) is 42.5 Å². The number of amides is 2. The Kier molecular flexibility index (Phi) is 7.33. The molecule has 1 aliphatic heterocycles. The van der Waals surface area contributed by atoms with Crippen molar-refractivity contribution in [2.75, 3.05) is 38.6 Å². The van der Waals surface area contributed by atoms with Gasteiger partial charge in [-0.3, -0.25) is 14.5 Å². The summed E-state index contributed by atoms with van der Waals surface area (Å²) in [7, 11) is 1.63. The van der Waals surface area contributed by atoms with Crippen LogP contribution in [-0.2, 0) is 4.79 Å². The first-order chi connectivity index (χ1) is 15.5. The number of ether oxygens (including phenoxy) is 1. The Bertz CT molecular complexity index is 936. The SMILES string of the molecule is COc1ccc(NC(=O)[C@H](C2CCCC2)N2CCN(C(=O)c3cccc(Cl)c3)CC2)cc1. The Hall–Kier alpha value is -2.57. The number of nitrogens with zero attached hydrogens (tertiary/aromatic N) is 2. The van der Waals surface area contributed by atoms with Gasteiger partial charge in [0.25, 0.3) is 5.91 Å². The van der Waals surface area contributed by atoms with E-state index in [4.69, 9.17) is 16.3 Å². The summed E-state index contributed by atoms with van der Waals surface area (Å²) in [6, 6.07) is 14.3. The summed E-state index contributed by atoms with van der Waals surface area (Å²) in [5.41, 5.74) is 1.38. The summed E-state index contributed by atoms with van der Waals surface area (Å²) in [6.45, 7) is 2.57. The number of anilines is 1. The first kappa shape index (κ1) is 22.6. The van der Waals surface area contributed by atoms with Crippen LogP contribution in [0.25, 0.3) is 0 Å². The van der Waals surface area contributed by atoms with Crippen molar-refractivity contribution in [2.45, 2.75) is 31.7 Å². The highest BCUT2D eigenvalue weighted by atomic mass is 35.5.